The van der Waals surface area contributed by atoms with Crippen molar-refractivity contribution in [2.24, 2.45) is 5.92 Å². The Bertz CT molecular complexity index is 492. The summed E-state index contributed by atoms with van der Waals surface area (Å²) in [6.45, 7) is 8.47. The maximum atomic E-state index is 12.1. The second kappa shape index (κ2) is 7.40. The fraction of sp³-hybridized carbons (Fsp3) is 0.643. The number of aryl methyl sites for hydroxylation is 2. The van der Waals surface area contributed by atoms with E-state index in [1.54, 1.807) is 19.0 Å². The van der Waals surface area contributed by atoms with Crippen LogP contribution in [0.5, 0.6) is 0 Å². The predicted molar refractivity (Wildman–Crippen MR) is 85.7 cm³/mol. The number of hydrogen-bond acceptors (Lipinski definition) is 4. The van der Waals surface area contributed by atoms with Crippen LogP contribution in [0.15, 0.2) is 0 Å². The average molecular weight is 312 g/mol. The van der Waals surface area contributed by atoms with Crippen LogP contribution < -0.4 is 5.32 Å². The summed E-state index contributed by atoms with van der Waals surface area (Å²) in [7, 11) is 3.36. The van der Waals surface area contributed by atoms with Gasteiger partial charge in [0.15, 0.2) is 5.13 Å². The molecule has 7 heteroatoms. The largest absolute Gasteiger partial charge is 0.331 e. The Morgan fingerprint density at radius 2 is 1.90 bits per heavy atom. The van der Waals surface area contributed by atoms with Gasteiger partial charge in [-0.05, 0) is 19.8 Å². The highest BCUT2D eigenvalue weighted by Gasteiger charge is 2.20. The van der Waals surface area contributed by atoms with Gasteiger partial charge in [-0.25, -0.2) is 9.78 Å². The second-order valence-electron chi connectivity index (χ2n) is 5.66. The van der Waals surface area contributed by atoms with E-state index in [4.69, 9.17) is 0 Å². The minimum absolute atomic E-state index is 0.0346. The molecule has 0 saturated heterocycles. The molecule has 0 bridgehead atoms. The molecule has 0 aliphatic heterocycles. The molecule has 1 N–H and O–H groups in total. The van der Waals surface area contributed by atoms with Gasteiger partial charge < -0.3 is 15.1 Å². The fourth-order valence-corrected chi connectivity index (χ4v) is 2.62. The Balaban J connectivity index is 2.69. The minimum atomic E-state index is -0.223. The van der Waals surface area contributed by atoms with Gasteiger partial charge in [-0.1, -0.05) is 13.8 Å². The minimum Gasteiger partial charge on any atom is -0.331 e. The zero-order valence-corrected chi connectivity index (χ0v) is 14.4. The molecule has 0 radical (unpaired) electrons. The summed E-state index contributed by atoms with van der Waals surface area (Å²) >= 11 is 1.44. The van der Waals surface area contributed by atoms with E-state index in [0.29, 0.717) is 17.6 Å². The third kappa shape index (κ3) is 5.34. The molecule has 0 fully saturated rings. The van der Waals surface area contributed by atoms with Crippen LogP contribution >= 0.6 is 11.3 Å². The van der Waals surface area contributed by atoms with Gasteiger partial charge in [-0.2, -0.15) is 0 Å². The second-order valence-corrected chi connectivity index (χ2v) is 6.86. The lowest BCUT2D eigenvalue weighted by Gasteiger charge is -2.26. The van der Waals surface area contributed by atoms with E-state index in [0.717, 1.165) is 10.6 Å². The smallest absolute Gasteiger partial charge is 0.319 e. The molecule has 0 saturated carbocycles. The SMILES string of the molecule is Cc1nc(NC(=O)CN(CC(C)C)C(=O)N(C)C)sc1C. The molecule has 0 atom stereocenters. The predicted octanol–water partition coefficient (Wildman–Crippen LogP) is 2.34. The number of amides is 3. The van der Waals surface area contributed by atoms with E-state index < -0.39 is 0 Å². The highest BCUT2D eigenvalue weighted by Crippen LogP contribution is 2.20. The van der Waals surface area contributed by atoms with Gasteiger partial charge in [-0.3, -0.25) is 4.79 Å². The van der Waals surface area contributed by atoms with Crippen LogP contribution in [0.3, 0.4) is 0 Å². The lowest BCUT2D eigenvalue weighted by atomic mass is 10.2. The molecular weight excluding hydrogens is 288 g/mol. The molecule has 0 aliphatic carbocycles. The lowest BCUT2D eigenvalue weighted by molar-refractivity contribution is -0.116. The number of aromatic nitrogens is 1. The van der Waals surface area contributed by atoms with Gasteiger partial charge in [-0.15, -0.1) is 11.3 Å². The number of hydrogen-bond donors (Lipinski definition) is 1. The van der Waals surface area contributed by atoms with Crippen LogP contribution in [0.25, 0.3) is 0 Å². The maximum Gasteiger partial charge on any atom is 0.319 e. The van der Waals surface area contributed by atoms with E-state index in [1.165, 1.54) is 16.2 Å². The van der Waals surface area contributed by atoms with E-state index in [1.807, 2.05) is 27.7 Å². The zero-order valence-electron chi connectivity index (χ0n) is 13.6. The zero-order chi connectivity index (χ0) is 16.2. The number of anilines is 1. The summed E-state index contributed by atoms with van der Waals surface area (Å²) in [4.78, 5) is 32.6. The highest BCUT2D eigenvalue weighted by atomic mass is 32.1. The Hall–Kier alpha value is -1.63. The molecule has 0 spiro atoms. The third-order valence-electron chi connectivity index (χ3n) is 2.85. The van der Waals surface area contributed by atoms with E-state index in [9.17, 15) is 9.59 Å². The summed E-state index contributed by atoms with van der Waals surface area (Å²) < 4.78 is 0. The molecule has 1 heterocycles. The summed E-state index contributed by atoms with van der Waals surface area (Å²) in [6, 6.07) is -0.162. The van der Waals surface area contributed by atoms with Crippen molar-refractivity contribution < 1.29 is 9.59 Å². The van der Waals surface area contributed by atoms with Crippen molar-refractivity contribution in [2.75, 3.05) is 32.5 Å². The molecule has 0 aromatic carbocycles. The quantitative estimate of drug-likeness (QED) is 0.907. The number of carbonyl (C=O) groups is 2. The van der Waals surface area contributed by atoms with Crippen LogP contribution in [0.1, 0.15) is 24.4 Å². The molecular formula is C14H24N4O2S. The van der Waals surface area contributed by atoms with Gasteiger partial charge in [0.05, 0.1) is 5.69 Å². The van der Waals surface area contributed by atoms with Gasteiger partial charge in [0.25, 0.3) is 0 Å². The number of nitrogens with one attached hydrogen (secondary N) is 1. The normalized spacial score (nSPS) is 10.6. The first kappa shape index (κ1) is 17.4. The molecule has 0 aliphatic rings. The van der Waals surface area contributed by atoms with Crippen LogP contribution in [0, 0.1) is 19.8 Å². The number of nitrogens with zero attached hydrogens (tertiary/aromatic N) is 3. The molecule has 1 aromatic rings. The van der Waals surface area contributed by atoms with Crippen molar-refractivity contribution >= 4 is 28.4 Å². The van der Waals surface area contributed by atoms with Crippen molar-refractivity contribution in [3.8, 4) is 0 Å². The van der Waals surface area contributed by atoms with Crippen molar-refractivity contribution in [3.63, 3.8) is 0 Å². The van der Waals surface area contributed by atoms with E-state index >= 15 is 0 Å². The first-order chi connectivity index (χ1) is 9.70. The van der Waals surface area contributed by atoms with Crippen LogP contribution in [0.2, 0.25) is 0 Å². The maximum absolute atomic E-state index is 12.1. The summed E-state index contributed by atoms with van der Waals surface area (Å²) in [6.07, 6.45) is 0. The van der Waals surface area contributed by atoms with Crippen molar-refractivity contribution in [1.29, 1.82) is 0 Å². The number of carbonyl (C=O) groups excluding carboxylic acids is 2. The Morgan fingerprint density at radius 1 is 1.29 bits per heavy atom. The van der Waals surface area contributed by atoms with Crippen LogP contribution in [-0.2, 0) is 4.79 Å². The Morgan fingerprint density at radius 3 is 2.33 bits per heavy atom. The topological polar surface area (TPSA) is 65.5 Å². The summed E-state index contributed by atoms with van der Waals surface area (Å²) in [5.41, 5.74) is 0.915. The molecule has 1 aromatic heterocycles. The number of rotatable bonds is 5. The van der Waals surface area contributed by atoms with Crippen molar-refractivity contribution in [2.45, 2.75) is 27.7 Å². The van der Waals surface area contributed by atoms with Crippen molar-refractivity contribution in [3.05, 3.63) is 10.6 Å². The average Bonchev–Trinajstić information content (AvgIpc) is 2.65. The van der Waals surface area contributed by atoms with E-state index in [2.05, 4.69) is 10.3 Å². The molecule has 6 nitrogen and oxygen atoms in total. The van der Waals surface area contributed by atoms with Gasteiger partial charge in [0.2, 0.25) is 5.91 Å². The first-order valence-electron chi connectivity index (χ1n) is 6.90. The molecule has 3 amide bonds. The lowest BCUT2D eigenvalue weighted by Crippen LogP contribution is -2.45. The van der Waals surface area contributed by atoms with Crippen LogP contribution in [0.4, 0.5) is 9.93 Å². The molecule has 118 valence electrons. The van der Waals surface area contributed by atoms with Crippen LogP contribution in [-0.4, -0.2) is 53.9 Å². The van der Waals surface area contributed by atoms with Gasteiger partial charge in [0, 0.05) is 25.5 Å². The standard InChI is InChI=1S/C14H24N4O2S/c1-9(2)7-18(14(20)17(5)6)8-12(19)16-13-15-10(3)11(4)21-13/h9H,7-8H2,1-6H3,(H,15,16,19). The third-order valence-corrected chi connectivity index (χ3v) is 3.84. The monoisotopic (exact) mass is 312 g/mol. The fourth-order valence-electron chi connectivity index (χ4n) is 1.79. The summed E-state index contributed by atoms with van der Waals surface area (Å²) in [5, 5.41) is 3.34. The molecule has 21 heavy (non-hydrogen) atoms. The Kier molecular flexibility index (Phi) is 6.14. The molecule has 0 unspecified atom stereocenters. The van der Waals surface area contributed by atoms with Crippen molar-refractivity contribution in [1.82, 2.24) is 14.8 Å². The summed E-state index contributed by atoms with van der Waals surface area (Å²) in [5.74, 6) is 0.0747. The van der Waals surface area contributed by atoms with Gasteiger partial charge in [0.1, 0.15) is 6.54 Å². The highest BCUT2D eigenvalue weighted by molar-refractivity contribution is 7.15. The Labute approximate surface area is 130 Å². The first-order valence-corrected chi connectivity index (χ1v) is 7.72. The van der Waals surface area contributed by atoms with Gasteiger partial charge >= 0.3 is 6.03 Å². The number of urea groups is 1. The van der Waals surface area contributed by atoms with E-state index in [-0.39, 0.29) is 18.5 Å². The molecule has 1 rings (SSSR count). The number of thiazole rings is 1.